The van der Waals surface area contributed by atoms with Gasteiger partial charge in [0.05, 0.1) is 22.7 Å². The summed E-state index contributed by atoms with van der Waals surface area (Å²) in [5, 5.41) is 5.32. The van der Waals surface area contributed by atoms with Crippen molar-refractivity contribution in [2.24, 2.45) is 5.41 Å². The van der Waals surface area contributed by atoms with Crippen LogP contribution in [0.25, 0.3) is 27.8 Å². The summed E-state index contributed by atoms with van der Waals surface area (Å²) < 4.78 is 69.2. The van der Waals surface area contributed by atoms with Crippen molar-refractivity contribution >= 4 is 26.5 Å². The van der Waals surface area contributed by atoms with Crippen LogP contribution in [0.3, 0.4) is 0 Å². The van der Waals surface area contributed by atoms with Crippen molar-refractivity contribution in [2.75, 3.05) is 11.5 Å². The van der Waals surface area contributed by atoms with Crippen LogP contribution in [0.15, 0.2) is 66.7 Å². The average molecular weight is 529 g/mol. The normalized spacial score (nSPS) is 18.9. The van der Waals surface area contributed by atoms with E-state index in [9.17, 15) is 26.4 Å². The maximum Gasteiger partial charge on any atom is 0.387 e. The van der Waals surface area contributed by atoms with Gasteiger partial charge in [-0.15, -0.1) is 0 Å². The molecule has 0 saturated carbocycles. The highest BCUT2D eigenvalue weighted by atomic mass is 32.2. The molecule has 192 valence electrons. The van der Waals surface area contributed by atoms with Gasteiger partial charge in [0.2, 0.25) is 0 Å². The number of hydrogen-bond acceptors (Lipinski definition) is 5. The van der Waals surface area contributed by atoms with E-state index >= 15 is 0 Å². The molecule has 1 atom stereocenters. The van der Waals surface area contributed by atoms with Gasteiger partial charge in [0, 0.05) is 22.9 Å². The van der Waals surface area contributed by atoms with Crippen LogP contribution < -0.4 is 4.74 Å². The molecule has 4 aromatic rings. The summed E-state index contributed by atoms with van der Waals surface area (Å²) >= 11 is 0. The SMILES string of the molecule is CC1(CC(=O)c2ccc3c(-c4cccc(OC(F)F)c4)nn(-c4ccc(F)cc4)c3c2)CCS(=O)(=O)C1. The highest BCUT2D eigenvalue weighted by Crippen LogP contribution is 2.37. The van der Waals surface area contributed by atoms with E-state index in [0.717, 1.165) is 0 Å². The highest BCUT2D eigenvalue weighted by molar-refractivity contribution is 7.91. The molecule has 6 nitrogen and oxygen atoms in total. The molecule has 0 spiro atoms. The quantitative estimate of drug-likeness (QED) is 0.282. The van der Waals surface area contributed by atoms with Crippen LogP contribution in [0.1, 0.15) is 30.1 Å². The Morgan fingerprint density at radius 1 is 1.11 bits per heavy atom. The molecule has 0 N–H and O–H groups in total. The van der Waals surface area contributed by atoms with Gasteiger partial charge in [-0.2, -0.15) is 13.9 Å². The first-order chi connectivity index (χ1) is 17.5. The Hall–Kier alpha value is -3.66. The molecular weight excluding hydrogens is 505 g/mol. The van der Waals surface area contributed by atoms with E-state index in [4.69, 9.17) is 0 Å². The molecule has 3 aromatic carbocycles. The number of ketones is 1. The number of halogens is 3. The van der Waals surface area contributed by atoms with Crippen LogP contribution in [0.5, 0.6) is 5.75 Å². The summed E-state index contributed by atoms with van der Waals surface area (Å²) in [5.41, 5.74) is 1.84. The van der Waals surface area contributed by atoms with Crippen LogP contribution in [0, 0.1) is 11.2 Å². The summed E-state index contributed by atoms with van der Waals surface area (Å²) in [6.07, 6.45) is 0.514. The number of hydrogen-bond donors (Lipinski definition) is 0. The van der Waals surface area contributed by atoms with Gasteiger partial charge in [-0.05, 0) is 60.4 Å². The molecule has 0 bridgehead atoms. The molecule has 1 fully saturated rings. The number of nitrogens with zero attached hydrogens (tertiary/aromatic N) is 2. The lowest BCUT2D eigenvalue weighted by molar-refractivity contribution is -0.0498. The van der Waals surface area contributed by atoms with Crippen LogP contribution in [-0.4, -0.2) is 42.1 Å². The monoisotopic (exact) mass is 528 g/mol. The zero-order valence-corrected chi connectivity index (χ0v) is 20.6. The van der Waals surface area contributed by atoms with Gasteiger partial charge in [-0.1, -0.05) is 25.1 Å². The number of rotatable bonds is 7. The van der Waals surface area contributed by atoms with Crippen molar-refractivity contribution < 1.29 is 31.1 Å². The summed E-state index contributed by atoms with van der Waals surface area (Å²) in [7, 11) is -3.16. The Morgan fingerprint density at radius 2 is 1.86 bits per heavy atom. The number of ether oxygens (including phenoxy) is 1. The van der Waals surface area contributed by atoms with Crippen molar-refractivity contribution in [3.8, 4) is 22.7 Å². The van der Waals surface area contributed by atoms with Gasteiger partial charge in [0.25, 0.3) is 0 Å². The second kappa shape index (κ2) is 9.33. The van der Waals surface area contributed by atoms with Crippen LogP contribution >= 0.6 is 0 Å². The molecule has 5 rings (SSSR count). The first-order valence-electron chi connectivity index (χ1n) is 11.6. The van der Waals surface area contributed by atoms with E-state index in [0.29, 0.717) is 39.8 Å². The van der Waals surface area contributed by atoms with Gasteiger partial charge in [0.1, 0.15) is 17.3 Å². The van der Waals surface area contributed by atoms with Gasteiger partial charge in [-0.25, -0.2) is 17.5 Å². The van der Waals surface area contributed by atoms with E-state index in [-0.39, 0.29) is 29.5 Å². The van der Waals surface area contributed by atoms with Gasteiger partial charge >= 0.3 is 6.61 Å². The second-order valence-electron chi connectivity index (χ2n) is 9.63. The molecule has 0 radical (unpaired) electrons. The maximum atomic E-state index is 13.6. The molecule has 1 unspecified atom stereocenters. The fourth-order valence-corrected chi connectivity index (χ4v) is 7.06. The summed E-state index contributed by atoms with van der Waals surface area (Å²) in [5.74, 6) is -0.591. The summed E-state index contributed by atoms with van der Waals surface area (Å²) in [4.78, 5) is 13.2. The van der Waals surface area contributed by atoms with Crippen LogP contribution in [0.4, 0.5) is 13.2 Å². The lowest BCUT2D eigenvalue weighted by Gasteiger charge is -2.20. The number of carbonyl (C=O) groups excluding carboxylic acids is 1. The van der Waals surface area contributed by atoms with Crippen LogP contribution in [0.2, 0.25) is 0 Å². The van der Waals surface area contributed by atoms with Gasteiger partial charge in [-0.3, -0.25) is 4.79 Å². The minimum atomic E-state index is -3.16. The smallest absolute Gasteiger partial charge is 0.387 e. The van der Waals surface area contributed by atoms with E-state index < -0.39 is 27.7 Å². The molecule has 1 aromatic heterocycles. The largest absolute Gasteiger partial charge is 0.435 e. The third kappa shape index (κ3) is 5.24. The molecule has 1 aliphatic heterocycles. The summed E-state index contributed by atoms with van der Waals surface area (Å²) in [6.45, 7) is -1.17. The molecule has 0 amide bonds. The molecule has 1 saturated heterocycles. The second-order valence-corrected chi connectivity index (χ2v) is 11.8. The number of benzene rings is 3. The minimum Gasteiger partial charge on any atom is -0.435 e. The first kappa shape index (κ1) is 25.0. The molecule has 0 aliphatic carbocycles. The number of fused-ring (bicyclic) bond motifs is 1. The lowest BCUT2D eigenvalue weighted by Crippen LogP contribution is -2.22. The number of aromatic nitrogens is 2. The standard InChI is InChI=1S/C27H23F3N2O4S/c1-27(11-12-37(34,35)16-27)15-24(33)17-5-10-22-23(14-17)32(20-8-6-19(28)7-9-20)31-25(22)18-3-2-4-21(13-18)36-26(29)30/h2-10,13-14,26H,11-12,15-16H2,1H3. The zero-order valence-electron chi connectivity index (χ0n) is 19.8. The number of alkyl halides is 2. The first-order valence-corrected chi connectivity index (χ1v) is 13.4. The van der Waals surface area contributed by atoms with Crippen molar-refractivity contribution in [3.63, 3.8) is 0 Å². The number of carbonyl (C=O) groups is 1. The van der Waals surface area contributed by atoms with E-state index in [2.05, 4.69) is 9.84 Å². The summed E-state index contributed by atoms with van der Waals surface area (Å²) in [6, 6.07) is 16.8. The molecular formula is C27H23F3N2O4S. The Bertz CT molecular complexity index is 1600. The van der Waals surface area contributed by atoms with Gasteiger partial charge in [0.15, 0.2) is 15.6 Å². The molecule has 2 heterocycles. The van der Waals surface area contributed by atoms with Crippen molar-refractivity contribution in [3.05, 3.63) is 78.1 Å². The number of sulfone groups is 1. The van der Waals surface area contributed by atoms with E-state index in [1.807, 2.05) is 6.92 Å². The van der Waals surface area contributed by atoms with Crippen LogP contribution in [-0.2, 0) is 9.84 Å². The Balaban J connectivity index is 1.59. The lowest BCUT2D eigenvalue weighted by atomic mass is 9.83. The topological polar surface area (TPSA) is 78.3 Å². The Labute approximate surface area is 211 Å². The highest BCUT2D eigenvalue weighted by Gasteiger charge is 2.40. The Kier molecular flexibility index (Phi) is 6.31. The molecule has 37 heavy (non-hydrogen) atoms. The Morgan fingerprint density at radius 3 is 2.54 bits per heavy atom. The molecule has 10 heteroatoms. The van der Waals surface area contributed by atoms with Crippen molar-refractivity contribution in [1.82, 2.24) is 9.78 Å². The number of Topliss-reactive ketones (excluding diaryl/α,β-unsaturated/α-hetero) is 1. The van der Waals surface area contributed by atoms with E-state index in [1.165, 1.54) is 24.3 Å². The van der Waals surface area contributed by atoms with Gasteiger partial charge < -0.3 is 4.74 Å². The zero-order chi connectivity index (χ0) is 26.4. The third-order valence-electron chi connectivity index (χ3n) is 6.58. The van der Waals surface area contributed by atoms with Crippen molar-refractivity contribution in [1.29, 1.82) is 0 Å². The molecule has 1 aliphatic rings. The van der Waals surface area contributed by atoms with Crippen molar-refractivity contribution in [2.45, 2.75) is 26.4 Å². The fourth-order valence-electron chi connectivity index (χ4n) is 4.81. The van der Waals surface area contributed by atoms with E-state index in [1.54, 1.807) is 47.1 Å². The predicted octanol–water partition coefficient (Wildman–Crippen LogP) is 5.83. The minimum absolute atomic E-state index is 0.0245. The predicted molar refractivity (Wildman–Crippen MR) is 133 cm³/mol. The fraction of sp³-hybridized carbons (Fsp3) is 0.259. The third-order valence-corrected chi connectivity index (χ3v) is 8.54. The maximum absolute atomic E-state index is 13.6. The average Bonchev–Trinajstić information content (AvgIpc) is 3.35.